The summed E-state index contributed by atoms with van der Waals surface area (Å²) in [4.78, 5) is 18.4. The third-order valence-corrected chi connectivity index (χ3v) is 6.42. The number of nitrogens with zero attached hydrogens (tertiary/aromatic N) is 1. The summed E-state index contributed by atoms with van der Waals surface area (Å²) >= 11 is 0. The molecular weight excluding hydrogens is 438 g/mol. The van der Waals surface area contributed by atoms with Crippen molar-refractivity contribution in [2.24, 2.45) is 0 Å². The molecule has 3 fully saturated rings. The molecule has 34 heavy (non-hydrogen) atoms. The molecule has 0 radical (unpaired) electrons. The molecule has 2 aromatic carbocycles. The van der Waals surface area contributed by atoms with Gasteiger partial charge >= 0.3 is 5.97 Å². The van der Waals surface area contributed by atoms with Gasteiger partial charge in [0.1, 0.15) is 18.3 Å². The van der Waals surface area contributed by atoms with E-state index in [9.17, 15) is 4.79 Å². The van der Waals surface area contributed by atoms with Gasteiger partial charge in [0.25, 0.3) is 0 Å². The highest BCUT2D eigenvalue weighted by Gasteiger charge is 2.59. The lowest BCUT2D eigenvalue weighted by Gasteiger charge is -2.32. The van der Waals surface area contributed by atoms with Crippen LogP contribution >= 0.6 is 0 Å². The van der Waals surface area contributed by atoms with E-state index in [-0.39, 0.29) is 12.1 Å². The molecule has 0 spiro atoms. The minimum atomic E-state index is -0.765. The maximum atomic E-state index is 12.4. The van der Waals surface area contributed by atoms with Gasteiger partial charge in [-0.1, -0.05) is 60.7 Å². The summed E-state index contributed by atoms with van der Waals surface area (Å²) in [6, 6.07) is 19.7. The van der Waals surface area contributed by atoms with Crippen LogP contribution in [0.15, 0.2) is 60.7 Å². The third-order valence-electron chi connectivity index (χ3n) is 6.42. The number of esters is 1. The standard InChI is InChI=1S/C26H31NO7/c1-26(2)32-23-22(30-16-18-12-8-5-9-13-18)21(31-25(23)33-26)19-14-20(24(28)29-3)34-27(19)15-17-10-6-4-7-11-17/h4-13,19-23,25H,14-16H2,1-3H3/t19-,20-,21-,22-,23-,25-/m1/s1. The van der Waals surface area contributed by atoms with Crippen LogP contribution in [-0.4, -0.2) is 60.7 Å². The van der Waals surface area contributed by atoms with Crippen molar-refractivity contribution in [1.29, 1.82) is 0 Å². The Kier molecular flexibility index (Phi) is 6.70. The Balaban J connectivity index is 1.39. The summed E-state index contributed by atoms with van der Waals surface area (Å²) in [6.07, 6.45) is -2.08. The summed E-state index contributed by atoms with van der Waals surface area (Å²) < 4.78 is 30.0. The van der Waals surface area contributed by atoms with Gasteiger partial charge in [-0.05, 0) is 25.0 Å². The molecule has 2 aromatic rings. The molecule has 0 N–H and O–H groups in total. The molecule has 3 aliphatic heterocycles. The second kappa shape index (κ2) is 9.73. The monoisotopic (exact) mass is 469 g/mol. The summed E-state index contributed by atoms with van der Waals surface area (Å²) in [6.45, 7) is 4.63. The maximum absolute atomic E-state index is 12.4. The van der Waals surface area contributed by atoms with Crippen LogP contribution in [-0.2, 0) is 46.5 Å². The molecule has 0 aromatic heterocycles. The zero-order chi connectivity index (χ0) is 23.7. The predicted octanol–water partition coefficient (Wildman–Crippen LogP) is 3.20. The van der Waals surface area contributed by atoms with Crippen molar-refractivity contribution in [3.05, 3.63) is 71.8 Å². The average molecular weight is 470 g/mol. The first-order chi connectivity index (χ1) is 16.4. The van der Waals surface area contributed by atoms with Crippen LogP contribution in [0.2, 0.25) is 0 Å². The SMILES string of the molecule is COC(=O)[C@H]1C[C@H]([C@H]2O[C@@H]3OC(C)(C)O[C@@H]3[C@@H]2OCc2ccccc2)N(Cc2ccccc2)O1. The number of fused-ring (bicyclic) bond motifs is 1. The Morgan fingerprint density at radius 2 is 1.68 bits per heavy atom. The van der Waals surface area contributed by atoms with Crippen LogP contribution in [0.25, 0.3) is 0 Å². The Hall–Kier alpha value is -2.33. The number of hydrogen-bond acceptors (Lipinski definition) is 8. The van der Waals surface area contributed by atoms with Crippen LogP contribution in [0.5, 0.6) is 0 Å². The minimum Gasteiger partial charge on any atom is -0.467 e. The van der Waals surface area contributed by atoms with E-state index in [0.717, 1.165) is 11.1 Å². The fourth-order valence-electron chi connectivity index (χ4n) is 4.88. The topological polar surface area (TPSA) is 75.7 Å². The lowest BCUT2D eigenvalue weighted by molar-refractivity contribution is -0.242. The van der Waals surface area contributed by atoms with Gasteiger partial charge in [-0.3, -0.25) is 4.84 Å². The third kappa shape index (κ3) is 4.88. The van der Waals surface area contributed by atoms with E-state index in [2.05, 4.69) is 0 Å². The lowest BCUT2D eigenvalue weighted by atomic mass is 9.98. The number of carbonyl (C=O) groups excluding carboxylic acids is 1. The number of hydroxylamine groups is 2. The summed E-state index contributed by atoms with van der Waals surface area (Å²) in [5.41, 5.74) is 2.12. The van der Waals surface area contributed by atoms with E-state index < -0.39 is 36.4 Å². The molecule has 3 saturated heterocycles. The molecule has 6 atom stereocenters. The fraction of sp³-hybridized carbons (Fsp3) is 0.500. The molecule has 0 aliphatic carbocycles. The second-order valence-electron chi connectivity index (χ2n) is 9.31. The van der Waals surface area contributed by atoms with Crippen LogP contribution < -0.4 is 0 Å². The summed E-state index contributed by atoms with van der Waals surface area (Å²) in [7, 11) is 1.37. The normalized spacial score (nSPS) is 32.6. The highest BCUT2D eigenvalue weighted by atomic mass is 16.8. The molecule has 8 heteroatoms. The predicted molar refractivity (Wildman–Crippen MR) is 121 cm³/mol. The first-order valence-electron chi connectivity index (χ1n) is 11.7. The van der Waals surface area contributed by atoms with E-state index in [4.69, 9.17) is 28.5 Å². The molecule has 182 valence electrons. The van der Waals surface area contributed by atoms with E-state index >= 15 is 0 Å². The summed E-state index contributed by atoms with van der Waals surface area (Å²) in [5, 5.41) is 1.81. The quantitative estimate of drug-likeness (QED) is 0.573. The van der Waals surface area contributed by atoms with Gasteiger partial charge < -0.3 is 23.7 Å². The van der Waals surface area contributed by atoms with Gasteiger partial charge in [0.2, 0.25) is 0 Å². The molecule has 0 unspecified atom stereocenters. The van der Waals surface area contributed by atoms with Gasteiger partial charge in [0.15, 0.2) is 18.2 Å². The van der Waals surface area contributed by atoms with Crippen molar-refractivity contribution < 1.29 is 33.3 Å². The van der Waals surface area contributed by atoms with E-state index in [0.29, 0.717) is 19.6 Å². The van der Waals surface area contributed by atoms with Crippen molar-refractivity contribution in [1.82, 2.24) is 5.06 Å². The van der Waals surface area contributed by atoms with Crippen molar-refractivity contribution in [3.63, 3.8) is 0 Å². The molecule has 5 rings (SSSR count). The number of methoxy groups -OCH3 is 1. The lowest BCUT2D eigenvalue weighted by Crippen LogP contribution is -2.47. The van der Waals surface area contributed by atoms with Crippen molar-refractivity contribution in [3.8, 4) is 0 Å². The Morgan fingerprint density at radius 3 is 2.35 bits per heavy atom. The van der Waals surface area contributed by atoms with Crippen molar-refractivity contribution in [2.75, 3.05) is 7.11 Å². The van der Waals surface area contributed by atoms with E-state index in [1.807, 2.05) is 79.6 Å². The first-order valence-corrected chi connectivity index (χ1v) is 11.7. The molecule has 3 heterocycles. The number of rotatable bonds is 7. The van der Waals surface area contributed by atoms with Gasteiger partial charge in [-0.2, -0.15) is 5.06 Å². The maximum Gasteiger partial charge on any atom is 0.337 e. The van der Waals surface area contributed by atoms with Crippen molar-refractivity contribution >= 4 is 5.97 Å². The van der Waals surface area contributed by atoms with E-state index in [1.54, 1.807) is 0 Å². The Labute approximate surface area is 199 Å². The number of benzene rings is 2. The van der Waals surface area contributed by atoms with Crippen molar-refractivity contribution in [2.45, 2.75) is 76.0 Å². The Morgan fingerprint density at radius 1 is 1.00 bits per heavy atom. The summed E-state index contributed by atoms with van der Waals surface area (Å²) in [5.74, 6) is -1.17. The second-order valence-corrected chi connectivity index (χ2v) is 9.31. The van der Waals surface area contributed by atoms with E-state index in [1.165, 1.54) is 7.11 Å². The molecule has 0 saturated carbocycles. The van der Waals surface area contributed by atoms with Crippen LogP contribution in [0, 0.1) is 0 Å². The number of ether oxygens (including phenoxy) is 5. The van der Waals surface area contributed by atoms with Gasteiger partial charge in [0.05, 0.1) is 19.8 Å². The molecule has 8 nitrogen and oxygen atoms in total. The van der Waals surface area contributed by atoms with Gasteiger partial charge in [-0.25, -0.2) is 4.79 Å². The highest BCUT2D eigenvalue weighted by molar-refractivity contribution is 5.74. The van der Waals surface area contributed by atoms with Crippen LogP contribution in [0.1, 0.15) is 31.4 Å². The fourth-order valence-corrected chi connectivity index (χ4v) is 4.88. The van der Waals surface area contributed by atoms with Crippen LogP contribution in [0.4, 0.5) is 0 Å². The smallest absolute Gasteiger partial charge is 0.337 e. The number of carbonyl (C=O) groups is 1. The largest absolute Gasteiger partial charge is 0.467 e. The van der Waals surface area contributed by atoms with Gasteiger partial charge in [0, 0.05) is 13.0 Å². The highest BCUT2D eigenvalue weighted by Crippen LogP contribution is 2.43. The first kappa shape index (κ1) is 23.4. The molecular formula is C26H31NO7. The number of hydrogen-bond donors (Lipinski definition) is 0. The van der Waals surface area contributed by atoms with Crippen LogP contribution in [0.3, 0.4) is 0 Å². The zero-order valence-corrected chi connectivity index (χ0v) is 19.7. The average Bonchev–Trinajstić information content (AvgIpc) is 3.48. The zero-order valence-electron chi connectivity index (χ0n) is 19.7. The van der Waals surface area contributed by atoms with Gasteiger partial charge in [-0.15, -0.1) is 0 Å². The Bertz CT molecular complexity index is 970. The molecule has 3 aliphatic rings. The molecule has 0 amide bonds. The molecule has 0 bridgehead atoms. The minimum absolute atomic E-state index is 0.258.